The summed E-state index contributed by atoms with van der Waals surface area (Å²) in [5, 5.41) is 8.25. The third-order valence-corrected chi connectivity index (χ3v) is 0. The van der Waals surface area contributed by atoms with Gasteiger partial charge in [-0.2, -0.15) is 7.11 Å². The predicted octanol–water partition coefficient (Wildman–Crippen LogP) is -3.86. The van der Waals surface area contributed by atoms with Gasteiger partial charge < -0.3 is 11.3 Å². The molecule has 0 atom stereocenters. The van der Waals surface area contributed by atoms with Crippen LogP contribution in [0.5, 0.6) is 0 Å². The standard InChI is InChI=1S/CH3O.H3N.Na/c1-2;;/h1H3;1H3;/q-1;;+1. The Bertz CT molecular complexity index is 8.00. The van der Waals surface area contributed by atoms with Crippen LogP contribution < -0.4 is 40.8 Å². The first-order chi connectivity index (χ1) is 1.00. The van der Waals surface area contributed by atoms with Crippen LogP contribution >= 0.6 is 0 Å². The van der Waals surface area contributed by atoms with Crippen LogP contribution in [0.2, 0.25) is 0 Å². The second-order valence-electron chi connectivity index (χ2n) is 0. The molecule has 0 heterocycles. The van der Waals surface area contributed by atoms with Crippen LogP contribution in [0.4, 0.5) is 0 Å². The molecule has 4 heavy (non-hydrogen) atoms. The Balaban J connectivity index is -0.00000000500. The molecule has 3 heteroatoms. The minimum Gasteiger partial charge on any atom is -0.857 e. The molecule has 0 radical (unpaired) electrons. The van der Waals surface area contributed by atoms with Gasteiger partial charge in [0, 0.05) is 0 Å². The van der Waals surface area contributed by atoms with Crippen LogP contribution in [-0.2, 0) is 0 Å². The van der Waals surface area contributed by atoms with Crippen molar-refractivity contribution < 1.29 is 34.7 Å². The van der Waals surface area contributed by atoms with E-state index in [9.17, 15) is 0 Å². The van der Waals surface area contributed by atoms with Gasteiger partial charge in [-0.25, -0.2) is 0 Å². The van der Waals surface area contributed by atoms with Gasteiger partial charge in [-0.15, -0.1) is 0 Å². The first-order valence-corrected chi connectivity index (χ1v) is 0.408. The minimum absolute atomic E-state index is 0. The summed E-state index contributed by atoms with van der Waals surface area (Å²) in [6.07, 6.45) is 0. The summed E-state index contributed by atoms with van der Waals surface area (Å²) < 4.78 is 0. The zero-order chi connectivity index (χ0) is 2.00. The normalized spacial score (nSPS) is 1.50. The zero-order valence-corrected chi connectivity index (χ0v) is 5.12. The van der Waals surface area contributed by atoms with Gasteiger partial charge in [0.1, 0.15) is 0 Å². The summed E-state index contributed by atoms with van der Waals surface area (Å²) in [5.74, 6) is 0. The molecule has 0 amide bonds. The summed E-state index contributed by atoms with van der Waals surface area (Å²) in [7, 11) is 0.750. The molecule has 0 unspecified atom stereocenters. The van der Waals surface area contributed by atoms with E-state index in [4.69, 9.17) is 5.11 Å². The van der Waals surface area contributed by atoms with Crippen LogP contribution in [0.25, 0.3) is 0 Å². The van der Waals surface area contributed by atoms with Crippen LogP contribution in [0.3, 0.4) is 0 Å². The third-order valence-electron chi connectivity index (χ3n) is 0. The summed E-state index contributed by atoms with van der Waals surface area (Å²) in [4.78, 5) is 0. The van der Waals surface area contributed by atoms with Gasteiger partial charge in [-0.05, 0) is 0 Å². The van der Waals surface area contributed by atoms with E-state index in [1.807, 2.05) is 0 Å². The van der Waals surface area contributed by atoms with Gasteiger partial charge in [0.05, 0.1) is 0 Å². The van der Waals surface area contributed by atoms with Gasteiger partial charge >= 0.3 is 29.6 Å². The Morgan fingerprint density at radius 2 is 1.25 bits per heavy atom. The van der Waals surface area contributed by atoms with E-state index < -0.39 is 0 Å². The van der Waals surface area contributed by atoms with Crippen molar-refractivity contribution in [3.63, 3.8) is 0 Å². The molecule has 0 saturated carbocycles. The van der Waals surface area contributed by atoms with Gasteiger partial charge in [0.15, 0.2) is 0 Å². The zero-order valence-electron chi connectivity index (χ0n) is 3.12. The van der Waals surface area contributed by atoms with E-state index in [0.29, 0.717) is 0 Å². The molecular weight excluding hydrogens is 65.0 g/mol. The minimum atomic E-state index is 0. The smallest absolute Gasteiger partial charge is 0.857 e. The van der Waals surface area contributed by atoms with Crippen molar-refractivity contribution in [2.24, 2.45) is 0 Å². The molecule has 0 bridgehead atoms. The van der Waals surface area contributed by atoms with E-state index in [1.165, 1.54) is 0 Å². The molecular formula is CH6NNaO. The fraction of sp³-hybridized carbons (Fsp3) is 1.00. The Hall–Kier alpha value is 0.920. The summed E-state index contributed by atoms with van der Waals surface area (Å²) >= 11 is 0. The van der Waals surface area contributed by atoms with E-state index >= 15 is 0 Å². The van der Waals surface area contributed by atoms with Gasteiger partial charge in [-0.3, -0.25) is 0 Å². The van der Waals surface area contributed by atoms with Crippen LogP contribution in [0, 0.1) is 0 Å². The maximum Gasteiger partial charge on any atom is 1.00 e. The van der Waals surface area contributed by atoms with Crippen molar-refractivity contribution in [2.75, 3.05) is 7.11 Å². The summed E-state index contributed by atoms with van der Waals surface area (Å²) in [5.41, 5.74) is 0. The molecule has 3 N–H and O–H groups in total. The number of hydrogen-bond acceptors (Lipinski definition) is 2. The van der Waals surface area contributed by atoms with Crippen LogP contribution in [0.15, 0.2) is 0 Å². The van der Waals surface area contributed by atoms with Crippen molar-refractivity contribution in [3.05, 3.63) is 0 Å². The molecule has 0 aliphatic heterocycles. The topological polar surface area (TPSA) is 58.1 Å². The van der Waals surface area contributed by atoms with Crippen molar-refractivity contribution >= 4 is 0 Å². The molecule has 22 valence electrons. The largest absolute Gasteiger partial charge is 1.00 e. The Kier molecular flexibility index (Phi) is 202. The van der Waals surface area contributed by atoms with Gasteiger partial charge in [0.2, 0.25) is 0 Å². The maximum absolute atomic E-state index is 8.25. The maximum atomic E-state index is 8.25. The molecule has 0 aliphatic carbocycles. The van der Waals surface area contributed by atoms with Crippen molar-refractivity contribution in [2.45, 2.75) is 0 Å². The molecule has 0 aromatic rings. The van der Waals surface area contributed by atoms with Crippen molar-refractivity contribution in [3.8, 4) is 0 Å². The van der Waals surface area contributed by atoms with Crippen molar-refractivity contribution in [1.29, 1.82) is 0 Å². The Morgan fingerprint density at radius 1 is 1.25 bits per heavy atom. The quantitative estimate of drug-likeness (QED) is 0.297. The van der Waals surface area contributed by atoms with E-state index in [0.717, 1.165) is 7.11 Å². The molecule has 0 fully saturated rings. The second-order valence-corrected chi connectivity index (χ2v) is 0. The number of hydrogen-bond donors (Lipinski definition) is 1. The van der Waals surface area contributed by atoms with Gasteiger partial charge in [0.25, 0.3) is 0 Å². The molecule has 0 spiro atoms. The molecule has 0 rings (SSSR count). The molecule has 0 aliphatic rings. The summed E-state index contributed by atoms with van der Waals surface area (Å²) in [6.45, 7) is 0. The molecule has 0 aromatic carbocycles. The SMILES string of the molecule is C[O-].N.[Na+]. The van der Waals surface area contributed by atoms with Crippen LogP contribution in [-0.4, -0.2) is 7.11 Å². The summed E-state index contributed by atoms with van der Waals surface area (Å²) in [6, 6.07) is 0. The first-order valence-electron chi connectivity index (χ1n) is 0.408. The first kappa shape index (κ1) is 20.5. The van der Waals surface area contributed by atoms with Gasteiger partial charge in [-0.1, -0.05) is 0 Å². The molecule has 0 saturated heterocycles. The average Bonchev–Trinajstić information content (AvgIpc) is 1.00. The number of rotatable bonds is 0. The van der Waals surface area contributed by atoms with Crippen molar-refractivity contribution in [1.82, 2.24) is 6.15 Å². The second kappa shape index (κ2) is 39.5. The molecule has 0 aromatic heterocycles. The Labute approximate surface area is 48.1 Å². The Morgan fingerprint density at radius 3 is 1.25 bits per heavy atom. The fourth-order valence-electron chi connectivity index (χ4n) is 0. The van der Waals surface area contributed by atoms with E-state index in [1.54, 1.807) is 0 Å². The van der Waals surface area contributed by atoms with E-state index in [-0.39, 0.29) is 35.7 Å². The fourth-order valence-corrected chi connectivity index (χ4v) is 0. The average molecular weight is 71.1 g/mol. The molecule has 2 nitrogen and oxygen atoms in total. The monoisotopic (exact) mass is 71.0 g/mol. The third kappa shape index (κ3) is 12.7. The van der Waals surface area contributed by atoms with E-state index in [2.05, 4.69) is 0 Å². The van der Waals surface area contributed by atoms with Crippen LogP contribution in [0.1, 0.15) is 0 Å². The predicted molar refractivity (Wildman–Crippen MR) is 10.9 cm³/mol.